The second-order valence-electron chi connectivity index (χ2n) is 5.94. The third kappa shape index (κ3) is 2.80. The number of carbonyl (C=O) groups is 1. The minimum atomic E-state index is -0.291. The maximum absolute atomic E-state index is 12.3. The van der Waals surface area contributed by atoms with E-state index in [1.165, 1.54) is 0 Å². The molecule has 98 valence electrons. The molecule has 2 fully saturated rings. The fourth-order valence-electron chi connectivity index (χ4n) is 2.74. The molecule has 0 aromatic rings. The summed E-state index contributed by atoms with van der Waals surface area (Å²) in [4.78, 5) is 14.3. The molecule has 0 aromatic heterocycles. The summed E-state index contributed by atoms with van der Waals surface area (Å²) >= 11 is 0. The van der Waals surface area contributed by atoms with Crippen molar-refractivity contribution < 1.29 is 14.6 Å². The Labute approximate surface area is 103 Å². The van der Waals surface area contributed by atoms with Crippen LogP contribution in [0.2, 0.25) is 0 Å². The van der Waals surface area contributed by atoms with E-state index in [1.807, 2.05) is 18.7 Å². The number of aliphatic hydroxyl groups is 1. The van der Waals surface area contributed by atoms with E-state index < -0.39 is 0 Å². The summed E-state index contributed by atoms with van der Waals surface area (Å²) in [5, 5.41) is 9.89. The van der Waals surface area contributed by atoms with Crippen LogP contribution in [-0.4, -0.2) is 48.3 Å². The lowest BCUT2D eigenvalue weighted by Crippen LogP contribution is -2.52. The summed E-state index contributed by atoms with van der Waals surface area (Å²) < 4.78 is 5.28. The van der Waals surface area contributed by atoms with Gasteiger partial charge in [0, 0.05) is 37.6 Å². The van der Waals surface area contributed by atoms with E-state index in [2.05, 4.69) is 0 Å². The van der Waals surface area contributed by atoms with Crippen molar-refractivity contribution in [3.63, 3.8) is 0 Å². The van der Waals surface area contributed by atoms with Crippen LogP contribution in [0.15, 0.2) is 0 Å². The van der Waals surface area contributed by atoms with Gasteiger partial charge in [-0.1, -0.05) is 13.8 Å². The van der Waals surface area contributed by atoms with Gasteiger partial charge >= 0.3 is 0 Å². The lowest BCUT2D eigenvalue weighted by Gasteiger charge is -2.43. The summed E-state index contributed by atoms with van der Waals surface area (Å²) in [6.07, 6.45) is 2.10. The minimum Gasteiger partial charge on any atom is -0.392 e. The van der Waals surface area contributed by atoms with Gasteiger partial charge in [0.1, 0.15) is 0 Å². The van der Waals surface area contributed by atoms with Gasteiger partial charge in [0.15, 0.2) is 0 Å². The topological polar surface area (TPSA) is 49.8 Å². The zero-order chi connectivity index (χ0) is 12.5. The fraction of sp³-hybridized carbons (Fsp3) is 0.923. The second kappa shape index (κ2) is 4.94. The number of ether oxygens (including phenoxy) is 1. The molecule has 2 heterocycles. The van der Waals surface area contributed by atoms with Gasteiger partial charge in [-0.2, -0.15) is 0 Å². The normalized spacial score (nSPS) is 30.3. The fourth-order valence-corrected chi connectivity index (χ4v) is 2.74. The van der Waals surface area contributed by atoms with Gasteiger partial charge < -0.3 is 14.7 Å². The van der Waals surface area contributed by atoms with Crippen molar-refractivity contribution in [1.29, 1.82) is 0 Å². The molecule has 1 amide bonds. The van der Waals surface area contributed by atoms with E-state index in [-0.39, 0.29) is 23.3 Å². The Bertz CT molecular complexity index is 284. The van der Waals surface area contributed by atoms with Crippen LogP contribution < -0.4 is 0 Å². The number of hydrogen-bond acceptors (Lipinski definition) is 3. The first-order chi connectivity index (χ1) is 8.00. The summed E-state index contributed by atoms with van der Waals surface area (Å²) in [5.41, 5.74) is -0.181. The molecule has 4 heteroatoms. The highest BCUT2D eigenvalue weighted by Gasteiger charge is 2.38. The molecule has 0 spiro atoms. The highest BCUT2D eigenvalue weighted by Crippen LogP contribution is 2.30. The predicted octanol–water partition coefficient (Wildman–Crippen LogP) is 1.03. The molecule has 1 atom stereocenters. The number of rotatable bonds is 1. The average molecular weight is 241 g/mol. The van der Waals surface area contributed by atoms with E-state index >= 15 is 0 Å². The molecule has 17 heavy (non-hydrogen) atoms. The van der Waals surface area contributed by atoms with Crippen molar-refractivity contribution in [2.45, 2.75) is 39.2 Å². The summed E-state index contributed by atoms with van der Waals surface area (Å²) in [7, 11) is 0. The Morgan fingerprint density at radius 1 is 1.29 bits per heavy atom. The second-order valence-corrected chi connectivity index (χ2v) is 5.94. The number of amides is 1. The first-order valence-corrected chi connectivity index (χ1v) is 6.55. The molecule has 0 aromatic carbocycles. The Morgan fingerprint density at radius 3 is 2.53 bits per heavy atom. The van der Waals surface area contributed by atoms with Crippen LogP contribution in [0.5, 0.6) is 0 Å². The standard InChI is InChI=1S/C13H23NO3/c1-13(2)9-14(6-3-11(13)15)12(16)10-4-7-17-8-5-10/h10-11,15H,3-9H2,1-2H3. The third-order valence-electron chi connectivity index (χ3n) is 4.06. The Balaban J connectivity index is 1.95. The molecule has 2 rings (SSSR count). The van der Waals surface area contributed by atoms with Crippen molar-refractivity contribution >= 4 is 5.91 Å². The molecular formula is C13H23NO3. The minimum absolute atomic E-state index is 0.134. The maximum Gasteiger partial charge on any atom is 0.225 e. The molecule has 4 nitrogen and oxygen atoms in total. The van der Waals surface area contributed by atoms with E-state index in [0.29, 0.717) is 32.7 Å². The smallest absolute Gasteiger partial charge is 0.225 e. The Kier molecular flexibility index (Phi) is 3.73. The molecule has 0 aliphatic carbocycles. The van der Waals surface area contributed by atoms with Gasteiger partial charge in [0.25, 0.3) is 0 Å². The van der Waals surface area contributed by atoms with Crippen LogP contribution in [0.25, 0.3) is 0 Å². The largest absolute Gasteiger partial charge is 0.392 e. The number of likely N-dealkylation sites (tertiary alicyclic amines) is 1. The summed E-state index contributed by atoms with van der Waals surface area (Å²) in [6.45, 7) is 6.83. The van der Waals surface area contributed by atoms with Crippen molar-refractivity contribution in [3.8, 4) is 0 Å². The highest BCUT2D eigenvalue weighted by atomic mass is 16.5. The van der Waals surface area contributed by atoms with Crippen molar-refractivity contribution in [2.24, 2.45) is 11.3 Å². The highest BCUT2D eigenvalue weighted by molar-refractivity contribution is 5.79. The number of carbonyl (C=O) groups excluding carboxylic acids is 1. The van der Waals surface area contributed by atoms with Crippen molar-refractivity contribution in [1.82, 2.24) is 4.90 Å². The molecule has 1 unspecified atom stereocenters. The van der Waals surface area contributed by atoms with Crippen LogP contribution in [0.1, 0.15) is 33.1 Å². The quantitative estimate of drug-likeness (QED) is 0.746. The Morgan fingerprint density at radius 2 is 1.94 bits per heavy atom. The van der Waals surface area contributed by atoms with Gasteiger partial charge in [0.2, 0.25) is 5.91 Å². The zero-order valence-electron chi connectivity index (χ0n) is 10.8. The molecule has 0 radical (unpaired) electrons. The molecule has 2 aliphatic rings. The number of hydrogen-bond donors (Lipinski definition) is 1. The van der Waals surface area contributed by atoms with Crippen LogP contribution >= 0.6 is 0 Å². The zero-order valence-corrected chi connectivity index (χ0v) is 10.8. The van der Waals surface area contributed by atoms with Crippen molar-refractivity contribution in [2.75, 3.05) is 26.3 Å². The number of aliphatic hydroxyl groups excluding tert-OH is 1. The van der Waals surface area contributed by atoms with E-state index in [0.717, 1.165) is 12.8 Å². The first-order valence-electron chi connectivity index (χ1n) is 6.55. The van der Waals surface area contributed by atoms with E-state index in [9.17, 15) is 9.90 Å². The lowest BCUT2D eigenvalue weighted by molar-refractivity contribution is -0.145. The predicted molar refractivity (Wildman–Crippen MR) is 64.5 cm³/mol. The van der Waals surface area contributed by atoms with E-state index in [4.69, 9.17) is 4.74 Å². The van der Waals surface area contributed by atoms with Gasteiger partial charge in [-0.05, 0) is 19.3 Å². The summed E-state index contributed by atoms with van der Waals surface area (Å²) in [5.74, 6) is 0.392. The first kappa shape index (κ1) is 12.8. The summed E-state index contributed by atoms with van der Waals surface area (Å²) in [6, 6.07) is 0. The number of piperidine rings is 1. The SMILES string of the molecule is CC1(C)CN(C(=O)C2CCOCC2)CCC1O. The lowest BCUT2D eigenvalue weighted by atomic mass is 9.80. The van der Waals surface area contributed by atoms with Crippen LogP contribution in [-0.2, 0) is 9.53 Å². The maximum atomic E-state index is 12.3. The molecule has 0 bridgehead atoms. The number of nitrogens with zero attached hydrogens (tertiary/aromatic N) is 1. The van der Waals surface area contributed by atoms with Gasteiger partial charge in [-0.15, -0.1) is 0 Å². The molecule has 1 N–H and O–H groups in total. The average Bonchev–Trinajstić information content (AvgIpc) is 2.33. The third-order valence-corrected chi connectivity index (χ3v) is 4.06. The monoisotopic (exact) mass is 241 g/mol. The van der Waals surface area contributed by atoms with Crippen LogP contribution in [0.4, 0.5) is 0 Å². The molecule has 2 saturated heterocycles. The molecule has 2 aliphatic heterocycles. The van der Waals surface area contributed by atoms with Gasteiger partial charge in [0.05, 0.1) is 6.10 Å². The van der Waals surface area contributed by atoms with Crippen molar-refractivity contribution in [3.05, 3.63) is 0 Å². The van der Waals surface area contributed by atoms with Gasteiger partial charge in [-0.25, -0.2) is 0 Å². The van der Waals surface area contributed by atoms with Crippen LogP contribution in [0, 0.1) is 11.3 Å². The van der Waals surface area contributed by atoms with E-state index in [1.54, 1.807) is 0 Å². The Hall–Kier alpha value is -0.610. The molecular weight excluding hydrogens is 218 g/mol. The van der Waals surface area contributed by atoms with Crippen LogP contribution in [0.3, 0.4) is 0 Å². The van der Waals surface area contributed by atoms with Gasteiger partial charge in [-0.3, -0.25) is 4.79 Å². The molecule has 0 saturated carbocycles.